The van der Waals surface area contributed by atoms with Crippen molar-refractivity contribution >= 4 is 128 Å². The lowest BCUT2D eigenvalue weighted by Gasteiger charge is -2.05. The van der Waals surface area contributed by atoms with Crippen LogP contribution in [0.4, 0.5) is 5.69 Å². The van der Waals surface area contributed by atoms with Gasteiger partial charge in [-0.05, 0) is 154 Å². The monoisotopic (exact) mass is 2030 g/mol. The van der Waals surface area contributed by atoms with E-state index < -0.39 is 11.9 Å². The van der Waals surface area contributed by atoms with E-state index in [2.05, 4.69) is 205 Å². The zero-order valence-electron chi connectivity index (χ0n) is 74.6. The number of nitrogen functional groups attached to an aromatic ring is 1. The van der Waals surface area contributed by atoms with E-state index in [0.29, 0.717) is 40.2 Å². The van der Waals surface area contributed by atoms with Crippen molar-refractivity contribution < 1.29 is 33.8 Å². The third-order valence-corrected chi connectivity index (χ3v) is 21.4. The van der Waals surface area contributed by atoms with Crippen LogP contribution in [0.15, 0.2) is 113 Å². The highest BCUT2D eigenvalue weighted by atomic mass is 79.9. The summed E-state index contributed by atoms with van der Waals surface area (Å²) >= 11 is 15.2. The van der Waals surface area contributed by atoms with Gasteiger partial charge < -0.3 is 26.1 Å². The SMILES string of the molecule is CCCCCCCC#N.CCCCCCCC(=N)N.CCCCCCCc1ncc(Br)c(C(=O)O)n1.CCCCCCCc1ncc(Br)cn1.CCCCCCCc1ncc(Br)cn1.CCCCCCCc1ncc(Cc2cnc(CCCCCCC)nc2)cn1.CCCCCCCc1ncc(N)cn1.Cl.O=C/C(Br)=C(/Br)C(=O)O.O=Cc1ccco1. The van der Waals surface area contributed by atoms with Gasteiger partial charge >= 0.3 is 11.9 Å². The first-order valence-corrected chi connectivity index (χ1v) is 48.4. The van der Waals surface area contributed by atoms with E-state index in [0.717, 1.165) is 133 Å². The predicted octanol–water partition coefficient (Wildman–Crippen LogP) is 27.3. The average Bonchev–Trinajstić information content (AvgIpc) is 0.945. The molecule has 0 aromatic carbocycles. The lowest BCUT2D eigenvalue weighted by atomic mass is 10.1. The third kappa shape index (κ3) is 74.6. The lowest BCUT2D eigenvalue weighted by Crippen LogP contribution is -2.08. The normalized spacial score (nSPS) is 10.3. The summed E-state index contributed by atoms with van der Waals surface area (Å²) in [7, 11) is 0. The van der Waals surface area contributed by atoms with E-state index in [1.165, 1.54) is 244 Å². The smallest absolute Gasteiger partial charge is 0.355 e. The Hall–Kier alpha value is -6.77. The maximum atomic E-state index is 10.9. The molecule has 0 aliphatic rings. The van der Waals surface area contributed by atoms with Gasteiger partial charge in [0.25, 0.3) is 0 Å². The van der Waals surface area contributed by atoms with Gasteiger partial charge in [-0.15, -0.1) is 12.4 Å². The lowest BCUT2D eigenvalue weighted by molar-refractivity contribution is -0.131. The molecule has 0 bridgehead atoms. The first kappa shape index (κ1) is 119. The molecule has 122 heavy (non-hydrogen) atoms. The number of unbranched alkanes of at least 4 members (excludes halogenated alkanes) is 33. The summed E-state index contributed by atoms with van der Waals surface area (Å²) in [5.41, 5.74) is 13.6. The van der Waals surface area contributed by atoms with Gasteiger partial charge in [-0.25, -0.2) is 69.4 Å². The summed E-state index contributed by atoms with van der Waals surface area (Å²) in [4.78, 5) is 92.0. The Morgan fingerprint density at radius 1 is 0.443 bits per heavy atom. The molecule has 0 atom stereocenters. The molecular formula is C93H146Br5ClN16O7. The van der Waals surface area contributed by atoms with Gasteiger partial charge in [-0.2, -0.15) is 5.26 Å². The summed E-state index contributed by atoms with van der Waals surface area (Å²) < 4.78 is 6.77. The predicted molar refractivity (Wildman–Crippen MR) is 518 cm³/mol. The van der Waals surface area contributed by atoms with Crippen LogP contribution in [0.5, 0.6) is 0 Å². The Balaban J connectivity index is -0.00000134. The first-order valence-electron chi connectivity index (χ1n) is 44.4. The molecule has 0 aliphatic heterocycles. The van der Waals surface area contributed by atoms with Crippen LogP contribution in [-0.2, 0) is 54.5 Å². The molecule has 0 spiro atoms. The highest BCUT2D eigenvalue weighted by molar-refractivity contribution is 9.14. The van der Waals surface area contributed by atoms with E-state index in [1.54, 1.807) is 24.5 Å². The van der Waals surface area contributed by atoms with Crippen molar-refractivity contribution in [1.82, 2.24) is 59.8 Å². The number of halogens is 6. The number of nitrogens with two attached hydrogens (primary N) is 2. The van der Waals surface area contributed by atoms with Crippen LogP contribution in [0.1, 0.15) is 392 Å². The van der Waals surface area contributed by atoms with Gasteiger partial charge in [-0.1, -0.05) is 261 Å². The maximum Gasteiger partial charge on any atom is 0.355 e. The molecule has 682 valence electrons. The van der Waals surface area contributed by atoms with Gasteiger partial charge in [0.1, 0.15) is 39.4 Å². The molecule has 0 saturated carbocycles. The van der Waals surface area contributed by atoms with Gasteiger partial charge in [0, 0.05) is 114 Å². The minimum Gasteiger partial charge on any atom is -0.477 e. The second-order valence-corrected chi connectivity index (χ2v) is 33.6. The number of aldehydes is 2. The zero-order valence-corrected chi connectivity index (χ0v) is 83.3. The Labute approximate surface area is 780 Å². The van der Waals surface area contributed by atoms with Crippen molar-refractivity contribution in [3.05, 3.63) is 166 Å². The highest BCUT2D eigenvalue weighted by Gasteiger charge is 2.13. The number of nitrogens with zero attached hydrogens (tertiary/aromatic N) is 13. The number of carbonyl (C=O) groups excluding carboxylic acids is 2. The number of carboxylic acids is 2. The second-order valence-electron chi connectivity index (χ2n) is 29.3. The number of anilines is 1. The Bertz CT molecular complexity index is 3500. The molecule has 29 heteroatoms. The number of aromatic carboxylic acids is 1. The van der Waals surface area contributed by atoms with E-state index in [1.807, 2.05) is 49.6 Å². The molecule has 0 fully saturated rings. The quantitative estimate of drug-likeness (QED) is 0.00777. The van der Waals surface area contributed by atoms with Gasteiger partial charge in [-0.3, -0.25) is 15.0 Å². The molecule has 0 amide bonds. The Morgan fingerprint density at radius 2 is 0.738 bits per heavy atom. The zero-order chi connectivity index (χ0) is 89.8. The molecule has 0 radical (unpaired) electrons. The van der Waals surface area contributed by atoms with Gasteiger partial charge in [0.2, 0.25) is 0 Å². The molecule has 7 aromatic heterocycles. The molecule has 7 aromatic rings. The molecule has 0 aliphatic carbocycles. The average molecular weight is 2040 g/mol. The number of aliphatic carboxylic acids is 1. The number of furan rings is 1. The van der Waals surface area contributed by atoms with E-state index in [9.17, 15) is 19.2 Å². The number of carboxylic acid groups (broad SMARTS) is 2. The highest BCUT2D eigenvalue weighted by Crippen LogP contribution is 2.19. The largest absolute Gasteiger partial charge is 0.477 e. The molecule has 23 nitrogen and oxygen atoms in total. The van der Waals surface area contributed by atoms with Crippen molar-refractivity contribution in [1.29, 1.82) is 10.7 Å². The van der Waals surface area contributed by atoms with Crippen molar-refractivity contribution in [2.45, 2.75) is 370 Å². The van der Waals surface area contributed by atoms with Crippen molar-refractivity contribution in [3.8, 4) is 6.07 Å². The molecular weight excluding hydrogens is 1890 g/mol. The minimum absolute atomic E-state index is 0. The number of nitrogens with one attached hydrogen (secondary N) is 1. The summed E-state index contributed by atoms with van der Waals surface area (Å²) in [6.07, 6.45) is 81.0. The number of hydrogen-bond acceptors (Lipinski definition) is 20. The Kier molecular flexibility index (Phi) is 85.8. The number of rotatable bonds is 53. The molecule has 0 saturated heterocycles. The number of aromatic nitrogens is 12. The topological polar surface area (TPSA) is 376 Å². The van der Waals surface area contributed by atoms with Crippen LogP contribution in [0.2, 0.25) is 0 Å². The minimum atomic E-state index is -1.17. The molecule has 0 unspecified atom stereocenters. The summed E-state index contributed by atoms with van der Waals surface area (Å²) in [5.74, 6) is 3.89. The number of amidine groups is 1. The third-order valence-electron chi connectivity index (χ3n) is 18.1. The molecule has 7 N–H and O–H groups in total. The van der Waals surface area contributed by atoms with E-state index in [-0.39, 0.29) is 27.1 Å². The van der Waals surface area contributed by atoms with Gasteiger partial charge in [0.15, 0.2) is 24.0 Å². The fourth-order valence-electron chi connectivity index (χ4n) is 11.1. The second kappa shape index (κ2) is 87.7. The summed E-state index contributed by atoms with van der Waals surface area (Å²) in [6.45, 7) is 17.8. The molecule has 7 heterocycles. The maximum absolute atomic E-state index is 10.9. The van der Waals surface area contributed by atoms with Crippen LogP contribution in [0.3, 0.4) is 0 Å². The standard InChI is InChI=1S/C23H36N4.C12H17BrN2O2.2C11H17BrN2.C11H19N3.C8H18N2.C8H15N.C5H4O2.C4H2Br2O3.ClH/c1-3-5-7-9-11-13-22-24-16-20(17-25-22)15-21-18-26-23(27-19-21)14-12-10-8-6-4-2;1-2-3-4-5-6-7-10-14-8-9(13)11(15-10)12(16)17;3*1-2-3-4-5-6-7-11-13-8-10(12)9-14-11;1-2-3-4-5-6-7-8(9)10;1-2-3-4-5-6-7-8-9;6-4-5-2-1-3-7-5;5-2(1-7)3(6)4(8)9;/h16-19H,3-15H2,1-2H3;8H,2-7H2,1H3,(H,16,17);2*8-9H,2-7H2,1H3;8-9H,2-7,12H2,1H3;2-7H2,1H3,(H3,9,10);2-7H2,1H3;1-4H;1H,(H,8,9);1H/b;;;;;;;;3-2-;. The summed E-state index contributed by atoms with van der Waals surface area (Å²) in [6, 6.07) is 5.42. The number of nitriles is 1. The first-order chi connectivity index (χ1) is 58.6. The van der Waals surface area contributed by atoms with Gasteiger partial charge in [0.05, 0.1) is 54.1 Å². The molecule has 7 rings (SSSR count). The summed E-state index contributed by atoms with van der Waals surface area (Å²) in [5, 5.41) is 32.2. The van der Waals surface area contributed by atoms with Crippen LogP contribution in [-0.4, -0.2) is 100 Å². The number of hydrogen-bond donors (Lipinski definition) is 5. The number of allylic oxidation sites excluding steroid dienone is 1. The fourth-order valence-corrected chi connectivity index (χ4v) is 12.1. The van der Waals surface area contributed by atoms with E-state index >= 15 is 0 Å². The van der Waals surface area contributed by atoms with Crippen molar-refractivity contribution in [2.24, 2.45) is 5.73 Å². The number of aryl methyl sites for hydroxylation is 6. The van der Waals surface area contributed by atoms with Crippen molar-refractivity contribution in [2.75, 3.05) is 5.73 Å². The van der Waals surface area contributed by atoms with Crippen LogP contribution in [0, 0.1) is 16.7 Å². The van der Waals surface area contributed by atoms with Crippen LogP contribution in [0.25, 0.3) is 0 Å². The van der Waals surface area contributed by atoms with E-state index in [4.69, 9.17) is 32.4 Å². The van der Waals surface area contributed by atoms with Crippen molar-refractivity contribution in [3.63, 3.8) is 0 Å². The fraction of sp³-hybridized carbons (Fsp3) is 0.613. The Morgan fingerprint density at radius 3 is 1.00 bits per heavy atom. The van der Waals surface area contributed by atoms with Crippen LogP contribution >= 0.6 is 92.1 Å². The number of carbonyl (C=O) groups is 4. The van der Waals surface area contributed by atoms with Crippen LogP contribution < -0.4 is 11.5 Å².